The van der Waals surface area contributed by atoms with Gasteiger partial charge < -0.3 is 10.6 Å². The molecule has 2 N–H and O–H groups in total. The van der Waals surface area contributed by atoms with Crippen LogP contribution < -0.4 is 10.6 Å². The van der Waals surface area contributed by atoms with Crippen LogP contribution in [-0.2, 0) is 4.79 Å². The molecule has 0 aliphatic heterocycles. The van der Waals surface area contributed by atoms with Crippen molar-refractivity contribution < 1.29 is 9.59 Å². The number of carbonyl (C=O) groups is 2. The van der Waals surface area contributed by atoms with Gasteiger partial charge in [-0.2, -0.15) is 0 Å². The lowest BCUT2D eigenvalue weighted by Gasteiger charge is -2.17. The van der Waals surface area contributed by atoms with Gasteiger partial charge in [0.15, 0.2) is 0 Å². The van der Waals surface area contributed by atoms with Crippen LogP contribution in [-0.4, -0.2) is 18.4 Å². The fourth-order valence-electron chi connectivity index (χ4n) is 2.17. The largest absolute Gasteiger partial charge is 0.348 e. The van der Waals surface area contributed by atoms with Gasteiger partial charge in [-0.3, -0.25) is 9.59 Å². The van der Waals surface area contributed by atoms with Gasteiger partial charge in [-0.25, -0.2) is 0 Å². The molecule has 2 rings (SSSR count). The van der Waals surface area contributed by atoms with E-state index in [1.807, 2.05) is 44.2 Å². The number of thiophene rings is 1. The number of halogens is 1. The fourth-order valence-corrected chi connectivity index (χ4v) is 3.21. The summed E-state index contributed by atoms with van der Waals surface area (Å²) >= 11 is 4.81. The Balaban J connectivity index is 1.87. The van der Waals surface area contributed by atoms with E-state index in [-0.39, 0.29) is 24.4 Å². The maximum absolute atomic E-state index is 12.1. The zero-order chi connectivity index (χ0) is 16.8. The molecule has 1 heterocycles. The molecule has 1 unspecified atom stereocenters. The first kappa shape index (κ1) is 17.7. The monoisotopic (exact) mass is 394 g/mol. The van der Waals surface area contributed by atoms with Gasteiger partial charge in [-0.05, 0) is 43.2 Å². The average Bonchev–Trinajstić information content (AvgIpc) is 2.98. The van der Waals surface area contributed by atoms with Gasteiger partial charge in [-0.15, -0.1) is 11.3 Å². The average molecular weight is 395 g/mol. The number of aryl methyl sites for hydroxylation is 1. The van der Waals surface area contributed by atoms with Crippen LogP contribution in [0.25, 0.3) is 0 Å². The Morgan fingerprint density at radius 3 is 2.43 bits per heavy atom. The summed E-state index contributed by atoms with van der Waals surface area (Å²) in [6.07, 6.45) is 0.783. The highest BCUT2D eigenvalue weighted by Gasteiger charge is 2.14. The standard InChI is InChI=1S/C17H19BrN2O2S/c1-3-14(12-5-7-13(18)8-6-12)20-16(21)10-19-17(22)15-9-4-11(2)23-15/h4-9,14H,3,10H2,1-2H3,(H,19,22)(H,20,21). The van der Waals surface area contributed by atoms with E-state index < -0.39 is 0 Å². The minimum Gasteiger partial charge on any atom is -0.348 e. The van der Waals surface area contributed by atoms with Crippen LogP contribution in [0.15, 0.2) is 40.9 Å². The summed E-state index contributed by atoms with van der Waals surface area (Å²) in [5.74, 6) is -0.406. The van der Waals surface area contributed by atoms with Gasteiger partial charge in [0.25, 0.3) is 5.91 Å². The second-order valence-electron chi connectivity index (χ2n) is 5.17. The first-order valence-corrected chi connectivity index (χ1v) is 9.00. The lowest BCUT2D eigenvalue weighted by molar-refractivity contribution is -0.120. The predicted octanol–water partition coefficient (Wildman–Crippen LogP) is 3.82. The van der Waals surface area contributed by atoms with Crippen molar-refractivity contribution in [1.82, 2.24) is 10.6 Å². The van der Waals surface area contributed by atoms with Gasteiger partial charge in [0, 0.05) is 9.35 Å². The van der Waals surface area contributed by atoms with E-state index in [1.165, 1.54) is 11.3 Å². The Morgan fingerprint density at radius 2 is 1.87 bits per heavy atom. The van der Waals surface area contributed by atoms with Gasteiger partial charge in [0.05, 0.1) is 17.5 Å². The molecule has 23 heavy (non-hydrogen) atoms. The lowest BCUT2D eigenvalue weighted by atomic mass is 10.0. The number of rotatable bonds is 6. The van der Waals surface area contributed by atoms with Crippen molar-refractivity contribution in [3.63, 3.8) is 0 Å². The highest BCUT2D eigenvalue weighted by atomic mass is 79.9. The van der Waals surface area contributed by atoms with Crippen LogP contribution >= 0.6 is 27.3 Å². The van der Waals surface area contributed by atoms with E-state index in [0.29, 0.717) is 4.88 Å². The molecule has 0 aliphatic carbocycles. The van der Waals surface area contributed by atoms with Crippen molar-refractivity contribution >= 4 is 39.1 Å². The fraction of sp³-hybridized carbons (Fsp3) is 0.294. The topological polar surface area (TPSA) is 58.2 Å². The molecule has 2 amide bonds. The van der Waals surface area contributed by atoms with Crippen LogP contribution in [0.2, 0.25) is 0 Å². The Kier molecular flexibility index (Phi) is 6.36. The molecular formula is C17H19BrN2O2S. The summed E-state index contributed by atoms with van der Waals surface area (Å²) in [5, 5.41) is 5.60. The summed E-state index contributed by atoms with van der Waals surface area (Å²) in [5.41, 5.74) is 1.05. The number of benzene rings is 1. The SMILES string of the molecule is CCC(NC(=O)CNC(=O)c1ccc(C)s1)c1ccc(Br)cc1. The first-order chi connectivity index (χ1) is 11.0. The van der Waals surface area contributed by atoms with Crippen LogP contribution in [0.3, 0.4) is 0 Å². The van der Waals surface area contributed by atoms with Crippen LogP contribution in [0.4, 0.5) is 0 Å². The zero-order valence-corrected chi connectivity index (χ0v) is 15.5. The quantitative estimate of drug-likeness (QED) is 0.782. The Morgan fingerprint density at radius 1 is 1.17 bits per heavy atom. The van der Waals surface area contributed by atoms with Crippen molar-refractivity contribution in [1.29, 1.82) is 0 Å². The molecule has 0 fully saturated rings. The molecule has 4 nitrogen and oxygen atoms in total. The van der Waals surface area contributed by atoms with Crippen LogP contribution in [0, 0.1) is 6.92 Å². The zero-order valence-electron chi connectivity index (χ0n) is 13.1. The predicted molar refractivity (Wildman–Crippen MR) is 96.7 cm³/mol. The van der Waals surface area contributed by atoms with Crippen molar-refractivity contribution in [2.75, 3.05) is 6.54 Å². The molecule has 1 atom stereocenters. The third kappa shape index (κ3) is 5.18. The minimum atomic E-state index is -0.213. The number of carbonyl (C=O) groups excluding carboxylic acids is 2. The summed E-state index contributed by atoms with van der Waals surface area (Å²) in [6.45, 7) is 3.93. The molecule has 0 radical (unpaired) electrons. The second kappa shape index (κ2) is 8.26. The molecule has 0 aliphatic rings. The molecule has 0 saturated carbocycles. The Bertz CT molecular complexity index is 682. The molecular weight excluding hydrogens is 376 g/mol. The Labute approximate surface area is 148 Å². The maximum atomic E-state index is 12.1. The third-order valence-electron chi connectivity index (χ3n) is 3.39. The lowest BCUT2D eigenvalue weighted by Crippen LogP contribution is -2.38. The number of hydrogen-bond donors (Lipinski definition) is 2. The summed E-state index contributed by atoms with van der Waals surface area (Å²) in [4.78, 5) is 25.7. The van der Waals surface area contributed by atoms with Crippen molar-refractivity contribution in [2.24, 2.45) is 0 Å². The molecule has 0 spiro atoms. The number of amides is 2. The minimum absolute atomic E-state index is 0.0250. The van der Waals surface area contributed by atoms with E-state index in [1.54, 1.807) is 6.07 Å². The van der Waals surface area contributed by atoms with E-state index in [2.05, 4.69) is 26.6 Å². The smallest absolute Gasteiger partial charge is 0.261 e. The summed E-state index contributed by atoms with van der Waals surface area (Å²) in [7, 11) is 0. The van der Waals surface area contributed by atoms with Crippen LogP contribution in [0.5, 0.6) is 0 Å². The molecule has 2 aromatic rings. The normalized spacial score (nSPS) is 11.8. The molecule has 6 heteroatoms. The maximum Gasteiger partial charge on any atom is 0.261 e. The first-order valence-electron chi connectivity index (χ1n) is 7.39. The van der Waals surface area contributed by atoms with Crippen molar-refractivity contribution in [3.8, 4) is 0 Å². The molecule has 0 bridgehead atoms. The van der Waals surface area contributed by atoms with Gasteiger partial charge in [0.1, 0.15) is 0 Å². The second-order valence-corrected chi connectivity index (χ2v) is 7.38. The van der Waals surface area contributed by atoms with E-state index >= 15 is 0 Å². The third-order valence-corrected chi connectivity index (χ3v) is 4.92. The van der Waals surface area contributed by atoms with Crippen LogP contribution in [0.1, 0.15) is 39.5 Å². The van der Waals surface area contributed by atoms with E-state index in [9.17, 15) is 9.59 Å². The van der Waals surface area contributed by atoms with E-state index in [4.69, 9.17) is 0 Å². The number of hydrogen-bond acceptors (Lipinski definition) is 3. The summed E-state index contributed by atoms with van der Waals surface area (Å²) in [6, 6.07) is 11.5. The van der Waals surface area contributed by atoms with Crippen molar-refractivity contribution in [2.45, 2.75) is 26.3 Å². The summed E-state index contributed by atoms with van der Waals surface area (Å²) < 4.78 is 1.00. The molecule has 0 saturated heterocycles. The van der Waals surface area contributed by atoms with Crippen molar-refractivity contribution in [3.05, 3.63) is 56.2 Å². The highest BCUT2D eigenvalue weighted by molar-refractivity contribution is 9.10. The van der Waals surface area contributed by atoms with Gasteiger partial charge in [-0.1, -0.05) is 35.0 Å². The molecule has 1 aromatic heterocycles. The van der Waals surface area contributed by atoms with Gasteiger partial charge in [0.2, 0.25) is 5.91 Å². The molecule has 1 aromatic carbocycles. The number of nitrogens with one attached hydrogen (secondary N) is 2. The highest BCUT2D eigenvalue weighted by Crippen LogP contribution is 2.19. The Hall–Kier alpha value is -1.66. The van der Waals surface area contributed by atoms with E-state index in [0.717, 1.165) is 21.3 Å². The van der Waals surface area contributed by atoms with Gasteiger partial charge >= 0.3 is 0 Å². The molecule has 122 valence electrons.